The van der Waals surface area contributed by atoms with Crippen LogP contribution in [0.2, 0.25) is 5.02 Å². The molecule has 0 aliphatic heterocycles. The molecule has 0 aliphatic carbocycles. The minimum absolute atomic E-state index is 0.0818. The molecule has 0 saturated heterocycles. The Kier molecular flexibility index (Phi) is 6.73. The molecule has 1 unspecified atom stereocenters. The second-order valence-electron chi connectivity index (χ2n) is 3.77. The van der Waals surface area contributed by atoms with E-state index in [1.54, 1.807) is 14.0 Å². The summed E-state index contributed by atoms with van der Waals surface area (Å²) in [5.74, 6) is -0.0818. The predicted molar refractivity (Wildman–Crippen MR) is 82.1 cm³/mol. The number of hydrogen-bond donors (Lipinski definition) is 2. The Morgan fingerprint density at radius 2 is 2.28 bits per heavy atom. The Balaban J connectivity index is 2.53. The summed E-state index contributed by atoms with van der Waals surface area (Å²) in [6.45, 7) is 2.79. The molecular weight excluding hydrogens is 367 g/mol. The maximum Gasteiger partial charge on any atom is 0.242 e. The van der Waals surface area contributed by atoms with Gasteiger partial charge in [0.05, 0.1) is 17.3 Å². The van der Waals surface area contributed by atoms with E-state index in [2.05, 4.69) is 33.2 Å². The molecule has 4 nitrogen and oxygen atoms in total. The van der Waals surface area contributed by atoms with Crippen molar-refractivity contribution in [3.8, 4) is 0 Å². The monoisotopic (exact) mass is 382 g/mol. The van der Waals surface area contributed by atoms with E-state index in [1.165, 1.54) is 0 Å². The molecule has 1 aromatic rings. The standard InChI is InChI=1S/C12H16ClIN2O2/c1-8(12(17)15-5-6-18-2)16-11-4-3-9(14)7-10(11)13/h3-4,7-8,16H,5-6H2,1-2H3,(H,15,17). The first-order valence-electron chi connectivity index (χ1n) is 5.53. The van der Waals surface area contributed by atoms with E-state index in [4.69, 9.17) is 16.3 Å². The molecule has 0 aromatic heterocycles. The van der Waals surface area contributed by atoms with Crippen molar-refractivity contribution in [3.63, 3.8) is 0 Å². The molecule has 1 rings (SSSR count). The lowest BCUT2D eigenvalue weighted by Gasteiger charge is -2.16. The third-order valence-corrected chi connectivity index (χ3v) is 3.29. The Hall–Kier alpha value is -0.530. The van der Waals surface area contributed by atoms with Gasteiger partial charge in [0.2, 0.25) is 5.91 Å². The minimum Gasteiger partial charge on any atom is -0.383 e. The van der Waals surface area contributed by atoms with Crippen molar-refractivity contribution in [3.05, 3.63) is 26.8 Å². The Bertz CT molecular complexity index is 415. The normalized spacial score (nSPS) is 12.0. The first kappa shape index (κ1) is 15.5. The van der Waals surface area contributed by atoms with Crippen LogP contribution in [0, 0.1) is 3.57 Å². The van der Waals surface area contributed by atoms with Gasteiger partial charge in [-0.15, -0.1) is 0 Å². The topological polar surface area (TPSA) is 50.4 Å². The van der Waals surface area contributed by atoms with E-state index >= 15 is 0 Å². The van der Waals surface area contributed by atoms with Crippen molar-refractivity contribution in [1.29, 1.82) is 0 Å². The van der Waals surface area contributed by atoms with Gasteiger partial charge in [-0.1, -0.05) is 11.6 Å². The molecule has 0 heterocycles. The molecule has 0 aliphatic rings. The van der Waals surface area contributed by atoms with E-state index < -0.39 is 0 Å². The number of amides is 1. The quantitative estimate of drug-likeness (QED) is 0.587. The summed E-state index contributed by atoms with van der Waals surface area (Å²) < 4.78 is 5.92. The molecule has 1 atom stereocenters. The van der Waals surface area contributed by atoms with Crippen molar-refractivity contribution >= 4 is 45.8 Å². The highest BCUT2D eigenvalue weighted by Crippen LogP contribution is 2.24. The first-order valence-corrected chi connectivity index (χ1v) is 6.98. The van der Waals surface area contributed by atoms with Crippen LogP contribution in [0.25, 0.3) is 0 Å². The summed E-state index contributed by atoms with van der Waals surface area (Å²) in [4.78, 5) is 11.7. The summed E-state index contributed by atoms with van der Waals surface area (Å²) in [7, 11) is 1.60. The maximum atomic E-state index is 11.7. The predicted octanol–water partition coefficient (Wildman–Crippen LogP) is 2.51. The molecule has 1 aromatic carbocycles. The van der Waals surface area contributed by atoms with Crippen molar-refractivity contribution in [2.45, 2.75) is 13.0 Å². The van der Waals surface area contributed by atoms with E-state index in [-0.39, 0.29) is 11.9 Å². The number of anilines is 1. The van der Waals surface area contributed by atoms with E-state index in [0.29, 0.717) is 18.2 Å². The van der Waals surface area contributed by atoms with Crippen LogP contribution >= 0.6 is 34.2 Å². The molecule has 6 heteroatoms. The van der Waals surface area contributed by atoms with E-state index in [1.807, 2.05) is 18.2 Å². The average Bonchev–Trinajstić information content (AvgIpc) is 2.32. The summed E-state index contributed by atoms with van der Waals surface area (Å²) in [5.41, 5.74) is 0.756. The van der Waals surface area contributed by atoms with Crippen LogP contribution in [0.5, 0.6) is 0 Å². The van der Waals surface area contributed by atoms with Crippen LogP contribution in [0.1, 0.15) is 6.92 Å². The lowest BCUT2D eigenvalue weighted by Crippen LogP contribution is -2.39. The molecule has 18 heavy (non-hydrogen) atoms. The molecule has 0 radical (unpaired) electrons. The van der Waals surface area contributed by atoms with Gasteiger partial charge in [0.25, 0.3) is 0 Å². The lowest BCUT2D eigenvalue weighted by molar-refractivity contribution is -0.121. The highest BCUT2D eigenvalue weighted by Gasteiger charge is 2.13. The Morgan fingerprint density at radius 3 is 2.89 bits per heavy atom. The molecule has 0 bridgehead atoms. The number of nitrogens with one attached hydrogen (secondary N) is 2. The molecular formula is C12H16ClIN2O2. The number of halogens is 2. The number of carbonyl (C=O) groups is 1. The fourth-order valence-corrected chi connectivity index (χ4v) is 2.25. The van der Waals surface area contributed by atoms with Gasteiger partial charge in [0.1, 0.15) is 6.04 Å². The van der Waals surface area contributed by atoms with Crippen LogP contribution in [0.15, 0.2) is 18.2 Å². The van der Waals surface area contributed by atoms with Crippen molar-refractivity contribution < 1.29 is 9.53 Å². The second-order valence-corrected chi connectivity index (χ2v) is 5.43. The third kappa shape index (κ3) is 4.99. The van der Waals surface area contributed by atoms with Crippen molar-refractivity contribution in [1.82, 2.24) is 5.32 Å². The van der Waals surface area contributed by atoms with Gasteiger partial charge >= 0.3 is 0 Å². The minimum atomic E-state index is -0.348. The summed E-state index contributed by atoms with van der Waals surface area (Å²) >= 11 is 8.27. The zero-order valence-electron chi connectivity index (χ0n) is 10.3. The smallest absolute Gasteiger partial charge is 0.242 e. The first-order chi connectivity index (χ1) is 8.54. The number of ether oxygens (including phenoxy) is 1. The average molecular weight is 383 g/mol. The molecule has 1 amide bonds. The molecule has 0 saturated carbocycles. The fourth-order valence-electron chi connectivity index (χ4n) is 1.33. The van der Waals surface area contributed by atoms with Gasteiger partial charge < -0.3 is 15.4 Å². The fraction of sp³-hybridized carbons (Fsp3) is 0.417. The highest BCUT2D eigenvalue weighted by molar-refractivity contribution is 14.1. The Labute approximate surface area is 126 Å². The van der Waals surface area contributed by atoms with Gasteiger partial charge in [-0.05, 0) is 47.7 Å². The molecule has 0 fully saturated rings. The van der Waals surface area contributed by atoms with Crippen LogP contribution in [-0.4, -0.2) is 32.2 Å². The maximum absolute atomic E-state index is 11.7. The third-order valence-electron chi connectivity index (χ3n) is 2.30. The van der Waals surface area contributed by atoms with Crippen molar-refractivity contribution in [2.75, 3.05) is 25.6 Å². The molecule has 100 valence electrons. The number of methoxy groups -OCH3 is 1. The zero-order chi connectivity index (χ0) is 13.5. The summed E-state index contributed by atoms with van der Waals surface area (Å²) in [6, 6.07) is 5.30. The summed E-state index contributed by atoms with van der Waals surface area (Å²) in [6.07, 6.45) is 0. The molecule has 2 N–H and O–H groups in total. The second kappa shape index (κ2) is 7.81. The SMILES string of the molecule is COCCNC(=O)C(C)Nc1ccc(I)cc1Cl. The van der Waals surface area contributed by atoms with E-state index in [9.17, 15) is 4.79 Å². The van der Waals surface area contributed by atoms with Crippen molar-refractivity contribution in [2.24, 2.45) is 0 Å². The molecule has 0 spiro atoms. The summed E-state index contributed by atoms with van der Waals surface area (Å²) in [5, 5.41) is 6.45. The number of hydrogen-bond acceptors (Lipinski definition) is 3. The van der Waals surface area contributed by atoms with Gasteiger partial charge in [0.15, 0.2) is 0 Å². The highest BCUT2D eigenvalue weighted by atomic mass is 127. The number of benzene rings is 1. The van der Waals surface area contributed by atoms with Gasteiger partial charge in [-0.3, -0.25) is 4.79 Å². The van der Waals surface area contributed by atoms with Crippen LogP contribution in [-0.2, 0) is 9.53 Å². The van der Waals surface area contributed by atoms with Gasteiger partial charge in [-0.25, -0.2) is 0 Å². The number of carbonyl (C=O) groups excluding carboxylic acids is 1. The largest absolute Gasteiger partial charge is 0.383 e. The van der Waals surface area contributed by atoms with Gasteiger partial charge in [0, 0.05) is 17.2 Å². The van der Waals surface area contributed by atoms with Gasteiger partial charge in [-0.2, -0.15) is 0 Å². The van der Waals surface area contributed by atoms with Crippen LogP contribution in [0.3, 0.4) is 0 Å². The van der Waals surface area contributed by atoms with Crippen LogP contribution in [0.4, 0.5) is 5.69 Å². The lowest BCUT2D eigenvalue weighted by atomic mass is 10.2. The van der Waals surface area contributed by atoms with Crippen LogP contribution < -0.4 is 10.6 Å². The van der Waals surface area contributed by atoms with E-state index in [0.717, 1.165) is 9.26 Å². The Morgan fingerprint density at radius 1 is 1.56 bits per heavy atom. The number of rotatable bonds is 6. The zero-order valence-corrected chi connectivity index (χ0v) is 13.2.